The molecule has 2 aromatic rings. The molecule has 0 saturated heterocycles. The van der Waals surface area contributed by atoms with E-state index >= 15 is 0 Å². The number of hydrogen-bond acceptors (Lipinski definition) is 3. The average molecular weight is 273 g/mol. The highest BCUT2D eigenvalue weighted by atomic mass is 16.5. The maximum absolute atomic E-state index is 5.41. The van der Waals surface area contributed by atoms with Gasteiger partial charge in [0.2, 0.25) is 0 Å². The second-order valence-corrected chi connectivity index (χ2v) is 4.94. The first-order valence-electron chi connectivity index (χ1n) is 7.05. The normalized spacial score (nSPS) is 12.4. The SMILES string of the molecule is CCn1nc(C)cc1CN[C@@H](C)c1ccccc1OC. The molecule has 0 aliphatic heterocycles. The fraction of sp³-hybridized carbons (Fsp3) is 0.438. The van der Waals surface area contributed by atoms with Crippen LogP contribution in [0.5, 0.6) is 5.75 Å². The number of rotatable bonds is 6. The smallest absolute Gasteiger partial charge is 0.123 e. The van der Waals surface area contributed by atoms with Gasteiger partial charge in [-0.2, -0.15) is 5.10 Å². The van der Waals surface area contributed by atoms with Gasteiger partial charge in [-0.3, -0.25) is 4.68 Å². The van der Waals surface area contributed by atoms with Crippen molar-refractivity contribution in [1.82, 2.24) is 15.1 Å². The molecule has 1 aromatic carbocycles. The Morgan fingerprint density at radius 1 is 1.35 bits per heavy atom. The molecular formula is C16H23N3O. The van der Waals surface area contributed by atoms with E-state index in [0.717, 1.165) is 24.5 Å². The van der Waals surface area contributed by atoms with Gasteiger partial charge in [-0.15, -0.1) is 0 Å². The summed E-state index contributed by atoms with van der Waals surface area (Å²) < 4.78 is 7.45. The molecule has 0 radical (unpaired) electrons. The Bertz CT molecular complexity index is 563. The second-order valence-electron chi connectivity index (χ2n) is 4.94. The van der Waals surface area contributed by atoms with Gasteiger partial charge in [0.1, 0.15) is 5.75 Å². The molecule has 0 aliphatic carbocycles. The van der Waals surface area contributed by atoms with Gasteiger partial charge in [0, 0.05) is 24.7 Å². The highest BCUT2D eigenvalue weighted by Gasteiger charge is 2.11. The van der Waals surface area contributed by atoms with Gasteiger partial charge in [0.15, 0.2) is 0 Å². The molecular weight excluding hydrogens is 250 g/mol. The zero-order valence-electron chi connectivity index (χ0n) is 12.7. The first-order chi connectivity index (χ1) is 9.65. The number of methoxy groups -OCH3 is 1. The van der Waals surface area contributed by atoms with Crippen LogP contribution >= 0.6 is 0 Å². The lowest BCUT2D eigenvalue weighted by atomic mass is 10.1. The highest BCUT2D eigenvalue weighted by Crippen LogP contribution is 2.24. The molecule has 4 heteroatoms. The van der Waals surface area contributed by atoms with Crippen molar-refractivity contribution < 1.29 is 4.74 Å². The molecule has 0 saturated carbocycles. The number of para-hydroxylation sites is 1. The Labute approximate surface area is 120 Å². The third-order valence-electron chi connectivity index (χ3n) is 3.48. The van der Waals surface area contributed by atoms with Gasteiger partial charge >= 0.3 is 0 Å². The standard InChI is InChI=1S/C16H23N3O/c1-5-19-14(10-12(2)18-19)11-17-13(3)15-8-6-7-9-16(15)20-4/h6-10,13,17H,5,11H2,1-4H3/t13-/m0/s1. The second kappa shape index (κ2) is 6.57. The molecule has 1 heterocycles. The lowest BCUT2D eigenvalue weighted by Gasteiger charge is -2.17. The van der Waals surface area contributed by atoms with Crippen LogP contribution in [0.15, 0.2) is 30.3 Å². The topological polar surface area (TPSA) is 39.1 Å². The summed E-state index contributed by atoms with van der Waals surface area (Å²) in [5.74, 6) is 0.924. The summed E-state index contributed by atoms with van der Waals surface area (Å²) in [5.41, 5.74) is 3.45. The van der Waals surface area contributed by atoms with Gasteiger partial charge in [0.25, 0.3) is 0 Å². The summed E-state index contributed by atoms with van der Waals surface area (Å²) in [5, 5.41) is 8.00. The average Bonchev–Trinajstić information content (AvgIpc) is 2.84. The lowest BCUT2D eigenvalue weighted by molar-refractivity contribution is 0.400. The summed E-state index contributed by atoms with van der Waals surface area (Å²) >= 11 is 0. The number of nitrogens with one attached hydrogen (secondary N) is 1. The van der Waals surface area contributed by atoms with Crippen molar-refractivity contribution in [2.45, 2.75) is 39.9 Å². The van der Waals surface area contributed by atoms with Crippen LogP contribution in [0, 0.1) is 6.92 Å². The van der Waals surface area contributed by atoms with Crippen LogP contribution in [0.1, 0.15) is 36.8 Å². The van der Waals surface area contributed by atoms with Gasteiger partial charge in [-0.25, -0.2) is 0 Å². The van der Waals surface area contributed by atoms with Crippen LogP contribution < -0.4 is 10.1 Å². The molecule has 0 aliphatic rings. The highest BCUT2D eigenvalue weighted by molar-refractivity contribution is 5.35. The zero-order chi connectivity index (χ0) is 14.5. The number of benzene rings is 1. The predicted molar refractivity (Wildman–Crippen MR) is 80.9 cm³/mol. The molecule has 0 bridgehead atoms. The minimum Gasteiger partial charge on any atom is -0.496 e. The molecule has 20 heavy (non-hydrogen) atoms. The minimum atomic E-state index is 0.228. The molecule has 1 aromatic heterocycles. The third kappa shape index (κ3) is 3.20. The van der Waals surface area contributed by atoms with Gasteiger partial charge in [-0.1, -0.05) is 18.2 Å². The number of ether oxygens (including phenoxy) is 1. The Balaban J connectivity index is 2.06. The fourth-order valence-corrected chi connectivity index (χ4v) is 2.41. The van der Waals surface area contributed by atoms with Crippen molar-refractivity contribution in [1.29, 1.82) is 0 Å². The summed E-state index contributed by atoms with van der Waals surface area (Å²) in [7, 11) is 1.71. The van der Waals surface area contributed by atoms with E-state index in [1.54, 1.807) is 7.11 Å². The summed E-state index contributed by atoms with van der Waals surface area (Å²) in [6.07, 6.45) is 0. The van der Waals surface area contributed by atoms with E-state index in [1.807, 2.05) is 29.8 Å². The van der Waals surface area contributed by atoms with E-state index in [0.29, 0.717) is 0 Å². The van der Waals surface area contributed by atoms with E-state index in [4.69, 9.17) is 4.74 Å². The molecule has 0 fully saturated rings. The Hall–Kier alpha value is -1.81. The molecule has 2 rings (SSSR count). The summed E-state index contributed by atoms with van der Waals surface area (Å²) in [6.45, 7) is 7.98. The van der Waals surface area contributed by atoms with E-state index in [9.17, 15) is 0 Å². The van der Waals surface area contributed by atoms with Gasteiger partial charge < -0.3 is 10.1 Å². The van der Waals surface area contributed by atoms with Crippen molar-refractivity contribution in [3.05, 3.63) is 47.3 Å². The van der Waals surface area contributed by atoms with Crippen molar-refractivity contribution in [3.63, 3.8) is 0 Å². The van der Waals surface area contributed by atoms with Crippen molar-refractivity contribution >= 4 is 0 Å². The van der Waals surface area contributed by atoms with Crippen LogP contribution in [-0.2, 0) is 13.1 Å². The predicted octanol–water partition coefficient (Wildman–Crippen LogP) is 3.07. The molecule has 0 amide bonds. The number of aromatic nitrogens is 2. The van der Waals surface area contributed by atoms with Gasteiger partial charge in [0.05, 0.1) is 18.5 Å². The number of aryl methyl sites for hydroxylation is 2. The van der Waals surface area contributed by atoms with Crippen molar-refractivity contribution in [2.75, 3.05) is 7.11 Å². The Morgan fingerprint density at radius 3 is 2.80 bits per heavy atom. The first kappa shape index (κ1) is 14.6. The molecule has 108 valence electrons. The van der Waals surface area contributed by atoms with Crippen LogP contribution in [0.2, 0.25) is 0 Å². The molecule has 0 spiro atoms. The zero-order valence-corrected chi connectivity index (χ0v) is 12.7. The van der Waals surface area contributed by atoms with Gasteiger partial charge in [-0.05, 0) is 32.9 Å². The van der Waals surface area contributed by atoms with Crippen LogP contribution in [0.4, 0.5) is 0 Å². The number of nitrogens with zero attached hydrogens (tertiary/aromatic N) is 2. The number of hydrogen-bond donors (Lipinski definition) is 1. The van der Waals surface area contributed by atoms with Crippen molar-refractivity contribution in [3.8, 4) is 5.75 Å². The Morgan fingerprint density at radius 2 is 2.10 bits per heavy atom. The largest absolute Gasteiger partial charge is 0.496 e. The van der Waals surface area contributed by atoms with E-state index < -0.39 is 0 Å². The maximum atomic E-state index is 5.41. The van der Waals surface area contributed by atoms with E-state index in [1.165, 1.54) is 11.3 Å². The molecule has 4 nitrogen and oxygen atoms in total. The van der Waals surface area contributed by atoms with Crippen LogP contribution in [0.25, 0.3) is 0 Å². The van der Waals surface area contributed by atoms with Crippen LogP contribution in [-0.4, -0.2) is 16.9 Å². The monoisotopic (exact) mass is 273 g/mol. The quantitative estimate of drug-likeness (QED) is 0.879. The molecule has 0 unspecified atom stereocenters. The lowest BCUT2D eigenvalue weighted by Crippen LogP contribution is -2.20. The third-order valence-corrected chi connectivity index (χ3v) is 3.48. The maximum Gasteiger partial charge on any atom is 0.123 e. The van der Waals surface area contributed by atoms with Crippen molar-refractivity contribution in [2.24, 2.45) is 0 Å². The Kier molecular flexibility index (Phi) is 4.79. The first-order valence-corrected chi connectivity index (χ1v) is 7.05. The molecule has 1 atom stereocenters. The fourth-order valence-electron chi connectivity index (χ4n) is 2.41. The molecule has 1 N–H and O–H groups in total. The summed E-state index contributed by atoms with van der Waals surface area (Å²) in [6, 6.07) is 10.5. The minimum absolute atomic E-state index is 0.228. The van der Waals surface area contributed by atoms with E-state index in [2.05, 4.69) is 36.4 Å². The van der Waals surface area contributed by atoms with E-state index in [-0.39, 0.29) is 6.04 Å². The van der Waals surface area contributed by atoms with Crippen LogP contribution in [0.3, 0.4) is 0 Å². The summed E-state index contributed by atoms with van der Waals surface area (Å²) in [4.78, 5) is 0.